The second kappa shape index (κ2) is 11.0. The van der Waals surface area contributed by atoms with Gasteiger partial charge in [-0.1, -0.05) is 76.6 Å². The Kier molecular flexibility index (Phi) is 6.54. The lowest BCUT2D eigenvalue weighted by molar-refractivity contribution is 1.16. The van der Waals surface area contributed by atoms with Crippen molar-refractivity contribution in [3.8, 4) is 50.7 Å². The number of nitrogens with zero attached hydrogens (tertiary/aromatic N) is 5. The van der Waals surface area contributed by atoms with Crippen LogP contribution in [0.15, 0.2) is 151 Å². The van der Waals surface area contributed by atoms with Crippen LogP contribution in [0.3, 0.4) is 0 Å². The van der Waals surface area contributed by atoms with E-state index in [4.69, 9.17) is 9.97 Å². The summed E-state index contributed by atoms with van der Waals surface area (Å²) in [5.74, 6) is 0.650. The van der Waals surface area contributed by atoms with Crippen LogP contribution in [0, 0.1) is 0 Å². The average Bonchev–Trinajstić information content (AvgIpc) is 3.43. The van der Waals surface area contributed by atoms with Crippen molar-refractivity contribution in [2.75, 3.05) is 0 Å². The van der Waals surface area contributed by atoms with E-state index in [-0.39, 0.29) is 0 Å². The Hall–Kier alpha value is -5.46. The van der Waals surface area contributed by atoms with Gasteiger partial charge in [0, 0.05) is 62.4 Å². The van der Waals surface area contributed by atoms with Crippen molar-refractivity contribution < 1.29 is 0 Å². The molecule has 8 aromatic rings. The van der Waals surface area contributed by atoms with E-state index >= 15 is 0 Å². The molecule has 0 aliphatic heterocycles. The Morgan fingerprint density at radius 3 is 1.61 bits per heavy atom. The first-order valence-corrected chi connectivity index (χ1v) is 15.1. The minimum Gasteiger partial charge on any atom is -0.309 e. The third kappa shape index (κ3) is 4.75. The molecule has 0 aliphatic rings. The predicted molar refractivity (Wildman–Crippen MR) is 181 cm³/mol. The summed E-state index contributed by atoms with van der Waals surface area (Å²) >= 11 is 3.81. The molecule has 0 unspecified atom stereocenters. The normalized spacial score (nSPS) is 11.3. The summed E-state index contributed by atoms with van der Waals surface area (Å²) in [4.78, 5) is 18.4. The molecule has 0 amide bonds. The molecule has 0 atom stereocenters. The summed E-state index contributed by atoms with van der Waals surface area (Å²) in [5, 5.41) is 2.45. The van der Waals surface area contributed by atoms with Crippen LogP contribution in [0.5, 0.6) is 0 Å². The summed E-state index contributed by atoms with van der Waals surface area (Å²) in [7, 11) is 0. The highest BCUT2D eigenvalue weighted by Crippen LogP contribution is 2.36. The van der Waals surface area contributed by atoms with Crippen molar-refractivity contribution in [1.29, 1.82) is 0 Å². The Morgan fingerprint density at radius 2 is 0.977 bits per heavy atom. The van der Waals surface area contributed by atoms with Gasteiger partial charge in [0.05, 0.1) is 22.4 Å². The number of pyridine rings is 2. The van der Waals surface area contributed by atoms with Gasteiger partial charge in [-0.2, -0.15) is 0 Å². The number of fused-ring (bicyclic) bond motifs is 3. The summed E-state index contributed by atoms with van der Waals surface area (Å²) < 4.78 is 3.29. The van der Waals surface area contributed by atoms with Crippen LogP contribution in [0.4, 0.5) is 0 Å². The van der Waals surface area contributed by atoms with E-state index in [2.05, 4.69) is 128 Å². The molecule has 4 aromatic carbocycles. The zero-order chi connectivity index (χ0) is 29.5. The molecule has 0 radical (unpaired) electrons. The number of para-hydroxylation sites is 2. The highest BCUT2D eigenvalue weighted by atomic mass is 79.9. The van der Waals surface area contributed by atoms with Gasteiger partial charge in [0.1, 0.15) is 0 Å². The van der Waals surface area contributed by atoms with Crippen LogP contribution < -0.4 is 0 Å². The maximum atomic E-state index is 5.08. The zero-order valence-corrected chi connectivity index (χ0v) is 25.1. The first kappa shape index (κ1) is 26.2. The monoisotopic (exact) mass is 629 g/mol. The molecule has 0 saturated carbocycles. The molecule has 0 bridgehead atoms. The molecule has 0 fully saturated rings. The topological polar surface area (TPSA) is 56.5 Å². The maximum Gasteiger partial charge on any atom is 0.160 e. The van der Waals surface area contributed by atoms with Gasteiger partial charge in [0.15, 0.2) is 5.82 Å². The van der Waals surface area contributed by atoms with E-state index in [1.165, 1.54) is 10.8 Å². The van der Waals surface area contributed by atoms with Gasteiger partial charge < -0.3 is 4.57 Å². The van der Waals surface area contributed by atoms with Crippen LogP contribution >= 0.6 is 15.9 Å². The van der Waals surface area contributed by atoms with E-state index in [1.807, 2.05) is 36.7 Å². The van der Waals surface area contributed by atoms with Gasteiger partial charge in [-0.25, -0.2) is 9.97 Å². The van der Waals surface area contributed by atoms with Crippen molar-refractivity contribution in [3.63, 3.8) is 0 Å². The highest BCUT2D eigenvalue weighted by Gasteiger charge is 2.15. The van der Waals surface area contributed by atoms with Gasteiger partial charge in [0.2, 0.25) is 0 Å². The Morgan fingerprint density at radius 1 is 0.455 bits per heavy atom. The fraction of sp³-hybridized carbons (Fsp3) is 0. The van der Waals surface area contributed by atoms with Crippen molar-refractivity contribution in [2.24, 2.45) is 0 Å². The molecular weight excluding hydrogens is 606 g/mol. The Labute approximate surface area is 262 Å². The lowest BCUT2D eigenvalue weighted by Gasteiger charge is -2.13. The zero-order valence-electron chi connectivity index (χ0n) is 23.5. The summed E-state index contributed by atoms with van der Waals surface area (Å²) in [6, 6.07) is 42.0. The number of halogens is 1. The molecular formula is C38H24BrN5. The fourth-order valence-electron chi connectivity index (χ4n) is 5.80. The van der Waals surface area contributed by atoms with Gasteiger partial charge in [-0.05, 0) is 71.8 Å². The van der Waals surface area contributed by atoms with E-state index in [0.717, 1.165) is 60.4 Å². The number of hydrogen-bond donors (Lipinski definition) is 0. The first-order chi connectivity index (χ1) is 21.7. The first-order valence-electron chi connectivity index (χ1n) is 14.3. The molecule has 6 heteroatoms. The molecule has 0 N–H and O–H groups in total. The lowest BCUT2D eigenvalue weighted by atomic mass is 10.0. The molecule has 208 valence electrons. The van der Waals surface area contributed by atoms with Crippen LogP contribution in [-0.4, -0.2) is 24.5 Å². The van der Waals surface area contributed by atoms with Gasteiger partial charge >= 0.3 is 0 Å². The number of rotatable bonds is 5. The molecule has 0 aliphatic carbocycles. The Bertz CT molecular complexity index is 2220. The number of aromatic nitrogens is 5. The van der Waals surface area contributed by atoms with Crippen LogP contribution in [0.2, 0.25) is 0 Å². The molecule has 5 nitrogen and oxygen atoms in total. The SMILES string of the molecule is Brc1cc(-c2cc(-c3ccc(-c4ccncc4)cc3)nc(-c3ccncc3)n2)cc(-n2c3ccccc3c3ccccc32)c1. The smallest absolute Gasteiger partial charge is 0.160 e. The molecule has 44 heavy (non-hydrogen) atoms. The van der Waals surface area contributed by atoms with Gasteiger partial charge in [0.25, 0.3) is 0 Å². The van der Waals surface area contributed by atoms with Gasteiger partial charge in [-0.15, -0.1) is 0 Å². The van der Waals surface area contributed by atoms with Crippen molar-refractivity contribution in [3.05, 3.63) is 151 Å². The van der Waals surface area contributed by atoms with Crippen LogP contribution in [0.25, 0.3) is 72.5 Å². The van der Waals surface area contributed by atoms with E-state index in [9.17, 15) is 0 Å². The second-order valence-electron chi connectivity index (χ2n) is 10.6. The summed E-state index contributed by atoms with van der Waals surface area (Å²) in [6.45, 7) is 0. The second-order valence-corrected chi connectivity index (χ2v) is 11.5. The third-order valence-electron chi connectivity index (χ3n) is 7.88. The molecule has 0 spiro atoms. The quantitative estimate of drug-likeness (QED) is 0.190. The summed E-state index contributed by atoms with van der Waals surface area (Å²) in [6.07, 6.45) is 7.17. The average molecular weight is 631 g/mol. The largest absolute Gasteiger partial charge is 0.309 e. The summed E-state index contributed by atoms with van der Waals surface area (Å²) in [5.41, 5.74) is 10.2. The third-order valence-corrected chi connectivity index (χ3v) is 8.33. The molecule has 4 aromatic heterocycles. The molecule has 8 rings (SSSR count). The standard InChI is InChI=1S/C38H24BrN5/c39-30-21-29(22-31(23-30)44-36-7-3-1-5-32(36)33-6-2-4-8-37(33)44)35-24-34(42-38(43-35)28-15-19-41-20-16-28)27-11-9-25(10-12-27)26-13-17-40-18-14-26/h1-24H. The van der Waals surface area contributed by atoms with Crippen LogP contribution in [-0.2, 0) is 0 Å². The van der Waals surface area contributed by atoms with E-state index in [0.29, 0.717) is 5.82 Å². The van der Waals surface area contributed by atoms with Gasteiger partial charge in [-0.3, -0.25) is 9.97 Å². The Balaban J connectivity index is 1.30. The highest BCUT2D eigenvalue weighted by molar-refractivity contribution is 9.10. The fourth-order valence-corrected chi connectivity index (χ4v) is 6.28. The maximum absolute atomic E-state index is 5.08. The number of hydrogen-bond acceptors (Lipinski definition) is 4. The van der Waals surface area contributed by atoms with E-state index in [1.54, 1.807) is 12.4 Å². The van der Waals surface area contributed by atoms with Crippen molar-refractivity contribution in [2.45, 2.75) is 0 Å². The minimum absolute atomic E-state index is 0.650. The van der Waals surface area contributed by atoms with E-state index < -0.39 is 0 Å². The lowest BCUT2D eigenvalue weighted by Crippen LogP contribution is -1.98. The predicted octanol–water partition coefficient (Wildman–Crippen LogP) is 9.79. The molecule has 4 heterocycles. The van der Waals surface area contributed by atoms with Crippen LogP contribution in [0.1, 0.15) is 0 Å². The van der Waals surface area contributed by atoms with Crippen molar-refractivity contribution in [1.82, 2.24) is 24.5 Å². The number of benzene rings is 4. The minimum atomic E-state index is 0.650. The van der Waals surface area contributed by atoms with Crippen molar-refractivity contribution >= 4 is 37.7 Å². The molecule has 0 saturated heterocycles.